The molecular formula is C15H17N5O2. The van der Waals surface area contributed by atoms with E-state index < -0.39 is 6.09 Å². The molecule has 1 aliphatic rings. The summed E-state index contributed by atoms with van der Waals surface area (Å²) < 4.78 is 0. The van der Waals surface area contributed by atoms with Crippen LogP contribution in [0.5, 0.6) is 0 Å². The number of carbonyl (C=O) groups is 1. The summed E-state index contributed by atoms with van der Waals surface area (Å²) in [7, 11) is 0. The minimum atomic E-state index is -0.812. The Balaban J connectivity index is 1.60. The van der Waals surface area contributed by atoms with Gasteiger partial charge in [0.25, 0.3) is 0 Å². The zero-order chi connectivity index (χ0) is 15.1. The maximum atomic E-state index is 11.0. The summed E-state index contributed by atoms with van der Waals surface area (Å²) in [6, 6.07) is 1.99. The van der Waals surface area contributed by atoms with Gasteiger partial charge in [-0.15, -0.1) is 0 Å². The predicted octanol–water partition coefficient (Wildman–Crippen LogP) is 2.37. The molecule has 1 saturated heterocycles. The van der Waals surface area contributed by atoms with Gasteiger partial charge in [0.05, 0.1) is 11.7 Å². The van der Waals surface area contributed by atoms with Crippen LogP contribution in [0.25, 0.3) is 21.9 Å². The fourth-order valence-corrected chi connectivity index (χ4v) is 3.36. The summed E-state index contributed by atoms with van der Waals surface area (Å²) in [6.07, 6.45) is 5.49. The quantitative estimate of drug-likeness (QED) is 0.676. The zero-order valence-electron chi connectivity index (χ0n) is 12.0. The van der Waals surface area contributed by atoms with E-state index in [4.69, 9.17) is 5.11 Å². The Morgan fingerprint density at radius 2 is 2.14 bits per heavy atom. The molecule has 0 atom stereocenters. The summed E-state index contributed by atoms with van der Waals surface area (Å²) in [5, 5.41) is 17.7. The van der Waals surface area contributed by atoms with Gasteiger partial charge in [-0.05, 0) is 31.2 Å². The lowest BCUT2D eigenvalue weighted by Crippen LogP contribution is -2.37. The molecule has 114 valence electrons. The Kier molecular flexibility index (Phi) is 2.99. The number of hydrogen-bond acceptors (Lipinski definition) is 3. The monoisotopic (exact) mass is 299 g/mol. The minimum Gasteiger partial charge on any atom is -0.465 e. The molecule has 4 rings (SSSR count). The third-order valence-electron chi connectivity index (χ3n) is 4.56. The van der Waals surface area contributed by atoms with Gasteiger partial charge >= 0.3 is 6.09 Å². The van der Waals surface area contributed by atoms with E-state index >= 15 is 0 Å². The van der Waals surface area contributed by atoms with Crippen molar-refractivity contribution in [3.8, 4) is 0 Å². The molecule has 3 N–H and O–H groups in total. The van der Waals surface area contributed by atoms with E-state index in [0.29, 0.717) is 19.0 Å². The van der Waals surface area contributed by atoms with E-state index in [1.165, 1.54) is 4.90 Å². The number of pyridine rings is 1. The van der Waals surface area contributed by atoms with Crippen molar-refractivity contribution < 1.29 is 9.90 Å². The van der Waals surface area contributed by atoms with Gasteiger partial charge in [-0.2, -0.15) is 0 Å². The van der Waals surface area contributed by atoms with E-state index in [2.05, 4.69) is 20.2 Å². The first-order chi connectivity index (χ1) is 10.7. The third-order valence-corrected chi connectivity index (χ3v) is 4.56. The van der Waals surface area contributed by atoms with Crippen molar-refractivity contribution in [2.24, 2.45) is 5.92 Å². The molecule has 3 aromatic heterocycles. The van der Waals surface area contributed by atoms with E-state index in [9.17, 15) is 4.79 Å². The number of fused-ring (bicyclic) bond motifs is 3. The molecule has 0 spiro atoms. The van der Waals surface area contributed by atoms with Crippen LogP contribution in [0.3, 0.4) is 0 Å². The first kappa shape index (κ1) is 13.1. The Labute approximate surface area is 126 Å². The number of nitrogens with one attached hydrogen (secondary N) is 2. The summed E-state index contributed by atoms with van der Waals surface area (Å²) in [4.78, 5) is 21.0. The Morgan fingerprint density at radius 1 is 1.32 bits per heavy atom. The standard InChI is InChI=1S/C15H17N5O2/c21-15(22)20-5-2-9(3-6-20)7-11-13-10-1-4-16-14(10)17-8-12(13)19-18-11/h1,4,8-9,18-19H,2-3,5-7H2,(H,21,22). The number of carboxylic acid groups (broad SMARTS) is 1. The van der Waals surface area contributed by atoms with E-state index in [1.807, 2.05) is 6.07 Å². The van der Waals surface area contributed by atoms with Crippen LogP contribution in [0.4, 0.5) is 4.79 Å². The smallest absolute Gasteiger partial charge is 0.407 e. The van der Waals surface area contributed by atoms with Crippen molar-refractivity contribution in [2.75, 3.05) is 13.1 Å². The highest BCUT2D eigenvalue weighted by Gasteiger charge is 2.23. The van der Waals surface area contributed by atoms with Gasteiger partial charge in [-0.25, -0.2) is 14.8 Å². The molecule has 7 heteroatoms. The second kappa shape index (κ2) is 5.01. The van der Waals surface area contributed by atoms with Crippen LogP contribution >= 0.6 is 0 Å². The highest BCUT2D eigenvalue weighted by Crippen LogP contribution is 2.28. The van der Waals surface area contributed by atoms with Crippen LogP contribution in [-0.2, 0) is 6.42 Å². The summed E-state index contributed by atoms with van der Waals surface area (Å²) >= 11 is 0. The van der Waals surface area contributed by atoms with Gasteiger partial charge in [-0.1, -0.05) is 0 Å². The topological polar surface area (TPSA) is 97.9 Å². The molecule has 0 aliphatic carbocycles. The summed E-state index contributed by atoms with van der Waals surface area (Å²) in [5.41, 5.74) is 2.91. The normalized spacial score (nSPS) is 16.6. The van der Waals surface area contributed by atoms with Crippen LogP contribution in [0, 0.1) is 5.92 Å². The molecule has 1 fully saturated rings. The number of hydrogen-bond donors (Lipinski definition) is 3. The fraction of sp³-hybridized carbons (Fsp3) is 0.400. The Morgan fingerprint density at radius 3 is 2.91 bits per heavy atom. The van der Waals surface area contributed by atoms with Crippen LogP contribution in [-0.4, -0.2) is 49.4 Å². The van der Waals surface area contributed by atoms with Crippen LogP contribution in [0.15, 0.2) is 18.5 Å². The molecule has 0 saturated carbocycles. The molecule has 0 bridgehead atoms. The highest BCUT2D eigenvalue weighted by atomic mass is 16.4. The van der Waals surface area contributed by atoms with Crippen molar-refractivity contribution >= 4 is 28.0 Å². The van der Waals surface area contributed by atoms with Crippen LogP contribution in [0.2, 0.25) is 0 Å². The van der Waals surface area contributed by atoms with E-state index in [1.54, 1.807) is 12.4 Å². The zero-order valence-corrected chi connectivity index (χ0v) is 12.0. The second-order valence-electron chi connectivity index (χ2n) is 5.87. The van der Waals surface area contributed by atoms with Gasteiger partial charge in [0.2, 0.25) is 0 Å². The van der Waals surface area contributed by atoms with Gasteiger partial charge in [-0.3, -0.25) is 5.10 Å². The molecule has 0 unspecified atom stereocenters. The minimum absolute atomic E-state index is 0.497. The lowest BCUT2D eigenvalue weighted by molar-refractivity contribution is 0.124. The molecule has 4 heterocycles. The molecule has 0 aromatic carbocycles. The van der Waals surface area contributed by atoms with Crippen molar-refractivity contribution in [2.45, 2.75) is 19.3 Å². The van der Waals surface area contributed by atoms with Gasteiger partial charge in [0, 0.05) is 35.8 Å². The summed E-state index contributed by atoms with van der Waals surface area (Å²) in [6.45, 7) is 1.24. The maximum absolute atomic E-state index is 11.0. The second-order valence-corrected chi connectivity index (χ2v) is 5.87. The van der Waals surface area contributed by atoms with Gasteiger partial charge < -0.3 is 15.1 Å². The average Bonchev–Trinajstić information content (AvgIpc) is 3.14. The summed E-state index contributed by atoms with van der Waals surface area (Å²) in [5.74, 6) is 0.497. The average molecular weight is 299 g/mol. The van der Waals surface area contributed by atoms with Crippen molar-refractivity contribution in [3.63, 3.8) is 0 Å². The van der Waals surface area contributed by atoms with Crippen LogP contribution in [0.1, 0.15) is 18.5 Å². The lowest BCUT2D eigenvalue weighted by Gasteiger charge is -2.29. The number of piperidine rings is 1. The number of H-pyrrole nitrogens is 2. The number of likely N-dealkylation sites (tertiary alicyclic amines) is 1. The Bertz CT molecular complexity index is 829. The van der Waals surface area contributed by atoms with Crippen molar-refractivity contribution in [1.29, 1.82) is 0 Å². The number of nitrogens with zero attached hydrogens (tertiary/aromatic N) is 3. The first-order valence-corrected chi connectivity index (χ1v) is 7.49. The van der Waals surface area contributed by atoms with Crippen molar-refractivity contribution in [3.05, 3.63) is 24.2 Å². The van der Waals surface area contributed by atoms with E-state index in [0.717, 1.165) is 46.9 Å². The lowest BCUT2D eigenvalue weighted by atomic mass is 9.91. The third kappa shape index (κ3) is 2.09. The fourth-order valence-electron chi connectivity index (χ4n) is 3.36. The molecule has 22 heavy (non-hydrogen) atoms. The molecule has 3 aromatic rings. The number of aromatic nitrogens is 4. The SMILES string of the molecule is O=C(O)N1CCC(Cc2[nH][nH]c3cnc4nccc4c23)CC1. The van der Waals surface area contributed by atoms with Crippen molar-refractivity contribution in [1.82, 2.24) is 25.1 Å². The molecule has 1 aliphatic heterocycles. The molecule has 0 radical (unpaired) electrons. The van der Waals surface area contributed by atoms with Gasteiger partial charge in [0.15, 0.2) is 5.65 Å². The number of amides is 1. The molecule has 7 nitrogen and oxygen atoms in total. The van der Waals surface area contributed by atoms with Gasteiger partial charge in [0.1, 0.15) is 0 Å². The Hall–Kier alpha value is -2.57. The first-order valence-electron chi connectivity index (χ1n) is 7.49. The maximum Gasteiger partial charge on any atom is 0.407 e. The predicted molar refractivity (Wildman–Crippen MR) is 81.8 cm³/mol. The van der Waals surface area contributed by atoms with Crippen LogP contribution < -0.4 is 0 Å². The molecular weight excluding hydrogens is 282 g/mol. The highest BCUT2D eigenvalue weighted by molar-refractivity contribution is 6.04. The number of rotatable bonds is 2. The molecule has 1 amide bonds. The van der Waals surface area contributed by atoms with E-state index in [-0.39, 0.29) is 0 Å². The largest absolute Gasteiger partial charge is 0.465 e. The number of aromatic amines is 2.